The molecule has 0 bridgehead atoms. The molecule has 0 aromatic heterocycles. The van der Waals surface area contributed by atoms with Gasteiger partial charge in [0.1, 0.15) is 6.61 Å². The van der Waals surface area contributed by atoms with Crippen LogP contribution in [0.25, 0.3) is 0 Å². The van der Waals surface area contributed by atoms with Crippen LogP contribution in [0.5, 0.6) is 0 Å². The Hall–Kier alpha value is -3.72. The van der Waals surface area contributed by atoms with Crippen LogP contribution in [0.3, 0.4) is 0 Å². The van der Waals surface area contributed by atoms with E-state index in [0.717, 1.165) is 109 Å². The molecule has 0 aliphatic heterocycles. The molecule has 29 heteroatoms. The van der Waals surface area contributed by atoms with Crippen molar-refractivity contribution in [3.8, 4) is 0 Å². The summed E-state index contributed by atoms with van der Waals surface area (Å²) in [5.41, 5.74) is 0. The number of hydrogen-bond acceptors (Lipinski definition) is 25. The highest BCUT2D eigenvalue weighted by atomic mass is 17.0. The highest BCUT2D eigenvalue weighted by Crippen LogP contribution is 2.07. The minimum Gasteiger partial charge on any atom is -0.396 e. The molecule has 582 valence electrons. The maximum absolute atomic E-state index is 9.75. The minimum absolute atomic E-state index is 0.141. The predicted molar refractivity (Wildman–Crippen MR) is 389 cm³/mol. The monoisotopic (exact) mass is 1390 g/mol. The van der Waals surface area contributed by atoms with Gasteiger partial charge < -0.3 is 85.1 Å². The second kappa shape index (κ2) is 88.3. The third-order valence-corrected chi connectivity index (χ3v) is 13.4. The van der Waals surface area contributed by atoms with Gasteiger partial charge in [-0.1, -0.05) is 88.5 Å². The summed E-state index contributed by atoms with van der Waals surface area (Å²) in [7, 11) is 10.1. The van der Waals surface area contributed by atoms with Gasteiger partial charge in [0, 0.05) is 95.0 Å². The van der Waals surface area contributed by atoms with E-state index in [-0.39, 0.29) is 33.0 Å². The third kappa shape index (κ3) is 138. The normalized spacial score (nSPS) is 10.7. The summed E-state index contributed by atoms with van der Waals surface area (Å²) in [4.78, 5) is 66.0. The lowest BCUT2D eigenvalue weighted by Gasteiger charge is -2.20. The van der Waals surface area contributed by atoms with Crippen LogP contribution in [-0.2, 0) is 19.4 Å². The van der Waals surface area contributed by atoms with Gasteiger partial charge in [0.25, 0.3) is 20.3 Å². The van der Waals surface area contributed by atoms with E-state index in [1.165, 1.54) is 19.3 Å². The van der Waals surface area contributed by atoms with Gasteiger partial charge in [-0.25, -0.2) is 0 Å². The number of nitrogens with one attached hydrogen (secondary N) is 2. The zero-order valence-electron chi connectivity index (χ0n) is 65.3. The van der Waals surface area contributed by atoms with Gasteiger partial charge in [0.15, 0.2) is 0 Å². The lowest BCUT2D eigenvalue weighted by molar-refractivity contribution is -0.757. The summed E-state index contributed by atoms with van der Waals surface area (Å²) in [6, 6.07) is 3.59. The van der Waals surface area contributed by atoms with E-state index in [1.807, 2.05) is 53.7 Å². The fraction of sp³-hybridized carbons (Fsp3) is 1.00. The fourth-order valence-electron chi connectivity index (χ4n) is 6.00. The summed E-state index contributed by atoms with van der Waals surface area (Å²) in [5, 5.41) is 92.5. The summed E-state index contributed by atoms with van der Waals surface area (Å²) < 4.78 is 0. The molecular formula is C66H155N11O18. The van der Waals surface area contributed by atoms with Crippen LogP contribution in [0.15, 0.2) is 0 Å². The Morgan fingerprint density at radius 1 is 0.295 bits per heavy atom. The molecule has 0 amide bonds. The van der Waals surface area contributed by atoms with Crippen molar-refractivity contribution < 1.29 is 70.3 Å². The highest BCUT2D eigenvalue weighted by molar-refractivity contribution is 4.59. The van der Waals surface area contributed by atoms with Gasteiger partial charge >= 0.3 is 0 Å². The van der Waals surface area contributed by atoms with E-state index in [9.17, 15) is 40.5 Å². The number of hydrogen-bond donors (Lipinski definition) is 8. The zero-order chi connectivity index (χ0) is 76.1. The van der Waals surface area contributed by atoms with Gasteiger partial charge in [0.05, 0.1) is 26.4 Å². The van der Waals surface area contributed by atoms with Crippen LogP contribution >= 0.6 is 0 Å². The van der Waals surface area contributed by atoms with Crippen LogP contribution in [0.4, 0.5) is 0 Å². The molecule has 8 N–H and O–H groups in total. The van der Waals surface area contributed by atoms with E-state index >= 15 is 0 Å². The second-order valence-corrected chi connectivity index (χ2v) is 26.1. The Morgan fingerprint density at radius 2 is 0.568 bits per heavy atom. The molecule has 0 saturated carbocycles. The van der Waals surface area contributed by atoms with Gasteiger partial charge in [-0.2, -0.15) is 0 Å². The second-order valence-electron chi connectivity index (χ2n) is 26.1. The molecule has 0 unspecified atom stereocenters. The van der Waals surface area contributed by atoms with Crippen molar-refractivity contribution in [1.82, 2.24) is 35.1 Å². The van der Waals surface area contributed by atoms with Crippen molar-refractivity contribution in [2.45, 2.75) is 271 Å². The van der Waals surface area contributed by atoms with E-state index in [2.05, 4.69) is 174 Å². The molecule has 0 aliphatic carbocycles. The van der Waals surface area contributed by atoms with E-state index in [1.54, 1.807) is 0 Å². The van der Waals surface area contributed by atoms with Gasteiger partial charge in [-0.3, -0.25) is 0 Å². The number of aliphatic hydroxyl groups is 6. The molecule has 0 atom stereocenters. The third-order valence-electron chi connectivity index (χ3n) is 13.4. The summed E-state index contributed by atoms with van der Waals surface area (Å²) in [6.45, 7) is 50.8. The maximum atomic E-state index is 9.75. The molecule has 95 heavy (non-hydrogen) atoms. The van der Waals surface area contributed by atoms with Crippen molar-refractivity contribution in [2.24, 2.45) is 17.8 Å². The standard InChI is InChI=1S/C8H19NO.C8H18O.C7H16N2O3.C7H17NO.2C6H14N2O3.C6H13NO3.2C6H15NO.C6H14O/c1-8(2)9(3)6-4-5-7-10;1-8(2)6-4-3-5-7-9;1-7(2)8(3)5-4-6-12-9(10)11;1-7(2)8(3)5-4-6-9;1-6(2)7(3)4-5-11-8(9)10;1-6(2)7-4-3-5-11-8(9)10;1-6(2)4-3-5-10-7(8)9;1-6(2)7(3)4-5-8;1-6(2)7-4-3-5-8;1-6(2)4-3-5-7/h8,10H,4-7H2,1-3H3;8-9H,3-7H2,1-2H3;7H,4-6H2,1-3H3;7,9H,4-6H2,1-3H3;6H,4-5H2,1-3H3;6-7H,3-5H2,1-2H3;6H,3-5H2,1-2H3;6,8H,4-5H2,1-3H3;6-8H,3-5H2,1-2H3;6-7H,3-5H2,1-2H3. The molecule has 0 saturated heterocycles. The van der Waals surface area contributed by atoms with E-state index in [4.69, 9.17) is 30.6 Å². The van der Waals surface area contributed by atoms with Gasteiger partial charge in [0.2, 0.25) is 0 Å². The van der Waals surface area contributed by atoms with Gasteiger partial charge in [-0.05, 0) is 219 Å². The average molecular weight is 1390 g/mol. The molecule has 0 heterocycles. The molecule has 0 rings (SSSR count). The van der Waals surface area contributed by atoms with Crippen molar-refractivity contribution >= 4 is 0 Å². The first-order valence-electron chi connectivity index (χ1n) is 34.9. The lowest BCUT2D eigenvalue weighted by Crippen LogP contribution is -2.30. The van der Waals surface area contributed by atoms with Crippen LogP contribution in [0.1, 0.15) is 228 Å². The van der Waals surface area contributed by atoms with Gasteiger partial charge in [-0.15, -0.1) is 40.5 Å². The Kier molecular flexibility index (Phi) is 105. The average Bonchev–Trinajstić information content (AvgIpc) is 3.58. The SMILES string of the molecule is CC(C)CCCCCO.CC(C)CCCO.CC(C)CCCO[N+](=O)[O-].CC(C)N(C)CCCCO.CC(C)N(C)CCCO.CC(C)N(C)CCCO[N+](=O)[O-].CC(C)N(C)CCO.CC(C)N(C)CCO[N+](=O)[O-].CC(C)NCCCO.CC(C)NCCCO[N+](=O)[O-]. The number of unbranched alkanes of at least 4 members (excludes halogenated alkanes) is 3. The van der Waals surface area contributed by atoms with Crippen LogP contribution < -0.4 is 10.6 Å². The number of rotatable bonds is 46. The first kappa shape index (κ1) is 113. The van der Waals surface area contributed by atoms with Crippen LogP contribution in [0, 0.1) is 58.2 Å². The Bertz CT molecular complexity index is 1500. The smallest absolute Gasteiger partial charge is 0.294 e. The molecule has 0 spiro atoms. The Balaban J connectivity index is -0.000000106. The molecule has 0 fully saturated rings. The summed E-state index contributed by atoms with van der Waals surface area (Å²) in [6.07, 6.45) is 13.7. The lowest BCUT2D eigenvalue weighted by atomic mass is 10.1. The first-order valence-corrected chi connectivity index (χ1v) is 34.9. The molecule has 0 aliphatic rings. The molecule has 0 aromatic rings. The van der Waals surface area contributed by atoms with E-state index in [0.29, 0.717) is 101 Å². The number of likely N-dealkylation sites (N-methyl/N-ethyl adjacent to an activating group) is 2. The summed E-state index contributed by atoms with van der Waals surface area (Å²) >= 11 is 0. The molecule has 29 nitrogen and oxygen atoms in total. The molecular weight excluding hydrogens is 1230 g/mol. The number of nitrogens with zero attached hydrogens (tertiary/aromatic N) is 9. The first-order chi connectivity index (χ1) is 44.2. The van der Waals surface area contributed by atoms with Crippen molar-refractivity contribution in [3.63, 3.8) is 0 Å². The van der Waals surface area contributed by atoms with Crippen molar-refractivity contribution in [1.29, 1.82) is 0 Å². The maximum Gasteiger partial charge on any atom is 0.294 e. The number of aliphatic hydroxyl groups excluding tert-OH is 6. The van der Waals surface area contributed by atoms with Crippen LogP contribution in [-0.4, -0.2) is 265 Å². The largest absolute Gasteiger partial charge is 0.396 e. The molecule has 0 radical (unpaired) electrons. The summed E-state index contributed by atoms with van der Waals surface area (Å²) in [5.74, 6) is 2.16. The minimum atomic E-state index is -0.770. The molecule has 0 aromatic carbocycles. The quantitative estimate of drug-likeness (QED) is 0.0160. The topological polar surface area (TPSA) is 371 Å². The Labute approximate surface area is 579 Å². The van der Waals surface area contributed by atoms with Crippen LogP contribution in [0.2, 0.25) is 0 Å². The zero-order valence-corrected chi connectivity index (χ0v) is 65.3. The predicted octanol–water partition coefficient (Wildman–Crippen LogP) is 9.78. The highest BCUT2D eigenvalue weighted by Gasteiger charge is 2.06. The Morgan fingerprint density at radius 3 is 0.874 bits per heavy atom. The van der Waals surface area contributed by atoms with Crippen molar-refractivity contribution in [3.05, 3.63) is 40.5 Å². The fourth-order valence-corrected chi connectivity index (χ4v) is 6.00. The van der Waals surface area contributed by atoms with Crippen molar-refractivity contribution in [2.75, 3.05) is 147 Å². The van der Waals surface area contributed by atoms with E-state index < -0.39 is 20.3 Å².